The average Bonchev–Trinajstić information content (AvgIpc) is 2.76. The van der Waals surface area contributed by atoms with Gasteiger partial charge in [0.2, 0.25) is 0 Å². The van der Waals surface area contributed by atoms with E-state index in [9.17, 15) is 5.11 Å². The number of aliphatic hydroxyl groups excluding tert-OH is 1. The van der Waals surface area contributed by atoms with Gasteiger partial charge in [0.05, 0.1) is 37.5 Å². The third kappa shape index (κ3) is 5.48. The van der Waals surface area contributed by atoms with Gasteiger partial charge in [-0.3, -0.25) is 0 Å². The molecule has 0 heterocycles. The molecule has 9 nitrogen and oxygen atoms in total. The van der Waals surface area contributed by atoms with Crippen LogP contribution < -0.4 is 0 Å². The minimum absolute atomic E-state index is 0.180. The molecular weight excluding hydrogens is 372 g/mol. The fourth-order valence-corrected chi connectivity index (χ4v) is 3.45. The Labute approximate surface area is 168 Å². The zero-order valence-electron chi connectivity index (χ0n) is 15.7. The number of benzene rings is 2. The number of nitrogens with zero attached hydrogens (tertiary/aromatic N) is 6. The summed E-state index contributed by atoms with van der Waals surface area (Å²) in [5.74, 6) is 0. The molecule has 0 bridgehead atoms. The summed E-state index contributed by atoms with van der Waals surface area (Å²) < 4.78 is 12.0. The molecule has 0 aromatic heterocycles. The van der Waals surface area contributed by atoms with Crippen molar-refractivity contribution < 1.29 is 14.6 Å². The van der Waals surface area contributed by atoms with Crippen LogP contribution in [-0.4, -0.2) is 35.5 Å². The summed E-state index contributed by atoms with van der Waals surface area (Å²) in [6.45, 7) is 0.507. The number of ether oxygens (including phenoxy) is 2. The van der Waals surface area contributed by atoms with Crippen LogP contribution in [0.15, 0.2) is 70.9 Å². The van der Waals surface area contributed by atoms with Gasteiger partial charge in [0, 0.05) is 9.82 Å². The Morgan fingerprint density at radius 1 is 0.793 bits per heavy atom. The van der Waals surface area contributed by atoms with Gasteiger partial charge in [-0.15, -0.1) is 0 Å². The van der Waals surface area contributed by atoms with Gasteiger partial charge in [-0.1, -0.05) is 70.9 Å². The number of rotatable bonds is 8. The minimum atomic E-state index is -1.08. The Balaban J connectivity index is 1.82. The van der Waals surface area contributed by atoms with Crippen molar-refractivity contribution in [2.24, 2.45) is 10.2 Å². The monoisotopic (exact) mass is 394 g/mol. The summed E-state index contributed by atoms with van der Waals surface area (Å²) in [6, 6.07) is 17.7. The molecule has 2 aromatic carbocycles. The Hall–Kier alpha value is -3.06. The summed E-state index contributed by atoms with van der Waals surface area (Å²) in [5.41, 5.74) is 19.7. The van der Waals surface area contributed by atoms with E-state index in [0.717, 1.165) is 11.1 Å². The van der Waals surface area contributed by atoms with E-state index in [1.807, 2.05) is 60.7 Å². The first kappa shape index (κ1) is 20.7. The largest absolute Gasteiger partial charge is 0.390 e. The lowest BCUT2D eigenvalue weighted by molar-refractivity contribution is -0.162. The molecule has 150 valence electrons. The molecule has 1 fully saturated rings. The number of aliphatic hydroxyl groups is 1. The summed E-state index contributed by atoms with van der Waals surface area (Å²) in [4.78, 5) is 5.72. The average molecular weight is 394 g/mol. The molecule has 0 saturated heterocycles. The van der Waals surface area contributed by atoms with E-state index in [0.29, 0.717) is 0 Å². The van der Waals surface area contributed by atoms with E-state index < -0.39 is 30.4 Å². The second-order valence-electron chi connectivity index (χ2n) is 6.79. The SMILES string of the molecule is [N-]=[N+]=NC1CC(N=[N+]=[N-])[C@@H](O)C(OCc2ccccc2)C1OCc1ccccc1. The molecule has 1 aliphatic rings. The second kappa shape index (κ2) is 10.5. The van der Waals surface area contributed by atoms with Crippen molar-refractivity contribution in [3.8, 4) is 0 Å². The molecule has 0 spiro atoms. The van der Waals surface area contributed by atoms with Crippen LogP contribution in [0.25, 0.3) is 20.9 Å². The van der Waals surface area contributed by atoms with Crippen LogP contribution in [0.1, 0.15) is 17.5 Å². The first-order valence-electron chi connectivity index (χ1n) is 9.30. The predicted octanol–water partition coefficient (Wildman–Crippen LogP) is 4.28. The van der Waals surface area contributed by atoms with Crippen molar-refractivity contribution in [1.82, 2.24) is 0 Å². The normalized spacial score (nSPS) is 26.2. The van der Waals surface area contributed by atoms with Gasteiger partial charge >= 0.3 is 0 Å². The molecule has 1 saturated carbocycles. The van der Waals surface area contributed by atoms with E-state index >= 15 is 0 Å². The van der Waals surface area contributed by atoms with Gasteiger partial charge in [-0.25, -0.2) is 0 Å². The first-order chi connectivity index (χ1) is 14.2. The quantitative estimate of drug-likeness (QED) is 0.406. The molecule has 5 atom stereocenters. The molecule has 1 aliphatic carbocycles. The number of azide groups is 2. The van der Waals surface area contributed by atoms with Gasteiger partial charge < -0.3 is 14.6 Å². The van der Waals surface area contributed by atoms with Gasteiger partial charge in [-0.2, -0.15) is 0 Å². The third-order valence-corrected chi connectivity index (χ3v) is 4.89. The fraction of sp³-hybridized carbons (Fsp3) is 0.400. The van der Waals surface area contributed by atoms with E-state index in [4.69, 9.17) is 20.5 Å². The lowest BCUT2D eigenvalue weighted by Crippen LogP contribution is -2.56. The van der Waals surface area contributed by atoms with Crippen molar-refractivity contribution >= 4 is 0 Å². The van der Waals surface area contributed by atoms with Crippen molar-refractivity contribution in [3.63, 3.8) is 0 Å². The van der Waals surface area contributed by atoms with Crippen LogP contribution in [0.3, 0.4) is 0 Å². The molecule has 2 aromatic rings. The highest BCUT2D eigenvalue weighted by Crippen LogP contribution is 2.31. The minimum Gasteiger partial charge on any atom is -0.390 e. The highest BCUT2D eigenvalue weighted by molar-refractivity contribution is 5.15. The second-order valence-corrected chi connectivity index (χ2v) is 6.79. The maximum Gasteiger partial charge on any atom is 0.111 e. The van der Waals surface area contributed by atoms with Crippen molar-refractivity contribution in [1.29, 1.82) is 0 Å². The smallest absolute Gasteiger partial charge is 0.111 e. The summed E-state index contributed by atoms with van der Waals surface area (Å²) >= 11 is 0. The van der Waals surface area contributed by atoms with E-state index in [2.05, 4.69) is 20.1 Å². The topological polar surface area (TPSA) is 136 Å². The Morgan fingerprint density at radius 2 is 1.28 bits per heavy atom. The molecule has 3 rings (SSSR count). The van der Waals surface area contributed by atoms with Crippen molar-refractivity contribution in [2.75, 3.05) is 0 Å². The number of hydrogen-bond donors (Lipinski definition) is 1. The molecule has 9 heteroatoms. The van der Waals surface area contributed by atoms with Crippen molar-refractivity contribution in [3.05, 3.63) is 92.7 Å². The van der Waals surface area contributed by atoms with Crippen LogP contribution in [0.5, 0.6) is 0 Å². The third-order valence-electron chi connectivity index (χ3n) is 4.89. The summed E-state index contributed by atoms with van der Waals surface area (Å²) in [5, 5.41) is 18.3. The van der Waals surface area contributed by atoms with E-state index in [1.165, 1.54) is 0 Å². The highest BCUT2D eigenvalue weighted by atomic mass is 16.5. The van der Waals surface area contributed by atoms with E-state index in [-0.39, 0.29) is 19.6 Å². The van der Waals surface area contributed by atoms with E-state index in [1.54, 1.807) is 0 Å². The van der Waals surface area contributed by atoms with Gasteiger partial charge in [0.25, 0.3) is 0 Å². The summed E-state index contributed by atoms with van der Waals surface area (Å²) in [6.07, 6.45) is -2.41. The zero-order chi connectivity index (χ0) is 20.5. The van der Waals surface area contributed by atoms with Crippen molar-refractivity contribution in [2.45, 2.75) is 50.0 Å². The maximum absolute atomic E-state index is 10.8. The van der Waals surface area contributed by atoms with Crippen LogP contribution in [-0.2, 0) is 22.7 Å². The molecule has 0 radical (unpaired) electrons. The van der Waals surface area contributed by atoms with Gasteiger partial charge in [-0.05, 0) is 28.6 Å². The lowest BCUT2D eigenvalue weighted by Gasteiger charge is -2.41. The molecule has 0 amide bonds. The standard InChI is InChI=1S/C20H22N6O3/c21-25-23-16-11-17(24-26-22)19(28-12-14-7-3-1-4-8-14)20(18(16)27)29-13-15-9-5-2-6-10-15/h1-10,16-20,27H,11-13H2/t16?,17?,18-,19?,20?/m1/s1. The number of hydrogen-bond acceptors (Lipinski definition) is 5. The Bertz CT molecular complexity index is 868. The highest BCUT2D eigenvalue weighted by Gasteiger charge is 2.45. The van der Waals surface area contributed by atoms with Crippen LogP contribution in [0, 0.1) is 0 Å². The molecule has 4 unspecified atom stereocenters. The van der Waals surface area contributed by atoms with Crippen LogP contribution in [0.2, 0.25) is 0 Å². The van der Waals surface area contributed by atoms with Gasteiger partial charge in [0.1, 0.15) is 6.10 Å². The van der Waals surface area contributed by atoms with Gasteiger partial charge in [0.15, 0.2) is 0 Å². The molecular formula is C20H22N6O3. The molecule has 29 heavy (non-hydrogen) atoms. The molecule has 1 N–H and O–H groups in total. The lowest BCUT2D eigenvalue weighted by atomic mass is 9.84. The maximum atomic E-state index is 10.8. The summed E-state index contributed by atoms with van der Waals surface area (Å²) in [7, 11) is 0. The predicted molar refractivity (Wildman–Crippen MR) is 107 cm³/mol. The van der Waals surface area contributed by atoms with Crippen LogP contribution in [0.4, 0.5) is 0 Å². The first-order valence-corrected chi connectivity index (χ1v) is 9.30. The Morgan fingerprint density at radius 3 is 1.79 bits per heavy atom. The fourth-order valence-electron chi connectivity index (χ4n) is 3.45. The molecule has 0 aliphatic heterocycles. The zero-order valence-corrected chi connectivity index (χ0v) is 15.7. The van der Waals surface area contributed by atoms with Crippen LogP contribution >= 0.6 is 0 Å². The Kier molecular flexibility index (Phi) is 7.47.